The molecule has 2 aromatic carbocycles. The van der Waals surface area contributed by atoms with Crippen molar-refractivity contribution in [3.63, 3.8) is 0 Å². The van der Waals surface area contributed by atoms with Gasteiger partial charge in [-0.05, 0) is 97.7 Å². The number of hydrogen-bond donors (Lipinski definition) is 1. The van der Waals surface area contributed by atoms with Crippen LogP contribution in [0.4, 0.5) is 5.69 Å². The first kappa shape index (κ1) is 38.1. The molecule has 13 heteroatoms. The first-order valence-corrected chi connectivity index (χ1v) is 21.5. The van der Waals surface area contributed by atoms with E-state index in [9.17, 15) is 13.8 Å². The predicted octanol–water partition coefficient (Wildman–Crippen LogP) is 6.78. The third-order valence-electron chi connectivity index (χ3n) is 12.5. The third kappa shape index (κ3) is 7.31. The van der Waals surface area contributed by atoms with Gasteiger partial charge in [0.05, 0.1) is 43.1 Å². The van der Waals surface area contributed by atoms with Gasteiger partial charge in [-0.25, -0.2) is 4.21 Å². The van der Waals surface area contributed by atoms with Gasteiger partial charge >= 0.3 is 0 Å². The molecule has 11 nitrogen and oxygen atoms in total. The van der Waals surface area contributed by atoms with E-state index in [1.165, 1.54) is 18.2 Å². The number of rotatable bonds is 5. The van der Waals surface area contributed by atoms with E-state index in [0.717, 1.165) is 55.1 Å². The number of benzene rings is 2. The van der Waals surface area contributed by atoms with Crippen molar-refractivity contribution < 1.29 is 32.7 Å². The number of carbonyl (C=O) groups is 2. The zero-order valence-electron chi connectivity index (χ0n) is 32.1. The van der Waals surface area contributed by atoms with E-state index in [0.29, 0.717) is 55.9 Å². The molecule has 7 atom stereocenters. The van der Waals surface area contributed by atoms with Gasteiger partial charge in [0.25, 0.3) is 11.8 Å². The Bertz CT molecular complexity index is 2140. The minimum absolute atomic E-state index is 0.0216. The van der Waals surface area contributed by atoms with Crippen molar-refractivity contribution in [2.24, 2.45) is 22.1 Å². The lowest BCUT2D eigenvalue weighted by Gasteiger charge is -2.46. The van der Waals surface area contributed by atoms with E-state index in [2.05, 4.69) is 38.3 Å². The van der Waals surface area contributed by atoms with Crippen molar-refractivity contribution >= 4 is 39.0 Å². The van der Waals surface area contributed by atoms with Gasteiger partial charge in [0.2, 0.25) is 0 Å². The maximum atomic E-state index is 14.8. The largest absolute Gasteiger partial charge is 0.494 e. The number of aryl methyl sites for hydroxylation is 1. The summed E-state index contributed by atoms with van der Waals surface area (Å²) in [7, 11) is 1.32. The molecule has 294 valence electrons. The second-order valence-electron chi connectivity index (χ2n) is 16.1. The molecule has 0 radical (unpaired) electrons. The summed E-state index contributed by atoms with van der Waals surface area (Å²) in [6, 6.07) is 11.6. The van der Waals surface area contributed by atoms with Gasteiger partial charge in [-0.2, -0.15) is 0 Å². The lowest BCUT2D eigenvalue weighted by Crippen LogP contribution is -2.49. The lowest BCUT2D eigenvalue weighted by molar-refractivity contribution is 0.0131. The molecular weight excluding hydrogens is 740 g/mol. The van der Waals surface area contributed by atoms with Crippen LogP contribution in [-0.4, -0.2) is 79.6 Å². The van der Waals surface area contributed by atoms with Gasteiger partial charge in [-0.1, -0.05) is 36.7 Å². The van der Waals surface area contributed by atoms with Gasteiger partial charge in [0.15, 0.2) is 5.75 Å². The normalized spacial score (nSPS) is 30.8. The van der Waals surface area contributed by atoms with Crippen LogP contribution < -0.4 is 19.1 Å². The average Bonchev–Trinajstić information content (AvgIpc) is 3.67. The smallest absolute Gasteiger partial charge is 0.286 e. The van der Waals surface area contributed by atoms with Crippen LogP contribution in [-0.2, 0) is 44.2 Å². The van der Waals surface area contributed by atoms with Crippen LogP contribution in [0.3, 0.4) is 0 Å². The van der Waals surface area contributed by atoms with Crippen LogP contribution in [0.15, 0.2) is 59.1 Å². The second-order valence-corrected chi connectivity index (χ2v) is 18.6. The Labute approximate surface area is 329 Å². The van der Waals surface area contributed by atoms with Crippen LogP contribution in [0.2, 0.25) is 5.02 Å². The Morgan fingerprint density at radius 1 is 1.11 bits per heavy atom. The lowest BCUT2D eigenvalue weighted by atomic mass is 9.68. The number of nitrogens with zero attached hydrogens (tertiary/aromatic N) is 3. The summed E-state index contributed by atoms with van der Waals surface area (Å²) in [5, 5.41) is 0.736. The van der Waals surface area contributed by atoms with Gasteiger partial charge in [0, 0.05) is 62.5 Å². The quantitative estimate of drug-likeness (QED) is 0.281. The highest BCUT2D eigenvalue weighted by Gasteiger charge is 2.44. The number of carbonyl (C=O) groups excluding carboxylic acids is 2. The number of amides is 2. The maximum absolute atomic E-state index is 14.8. The Morgan fingerprint density at radius 2 is 1.96 bits per heavy atom. The van der Waals surface area contributed by atoms with Crippen LogP contribution in [0.5, 0.6) is 11.5 Å². The number of halogens is 1. The van der Waals surface area contributed by atoms with Crippen LogP contribution in [0, 0.1) is 17.8 Å². The molecule has 3 aliphatic heterocycles. The summed E-state index contributed by atoms with van der Waals surface area (Å²) >= 11 is 6.48. The van der Waals surface area contributed by atoms with E-state index in [-0.39, 0.29) is 40.4 Å². The fourth-order valence-electron chi connectivity index (χ4n) is 9.57. The third-order valence-corrected chi connectivity index (χ3v) is 14.7. The highest BCUT2D eigenvalue weighted by atomic mass is 35.5. The number of nitrogens with one attached hydrogen (secondary N) is 1. The molecule has 8 rings (SSSR count). The van der Waals surface area contributed by atoms with Crippen molar-refractivity contribution in [3.05, 3.63) is 87.7 Å². The Morgan fingerprint density at radius 3 is 2.73 bits per heavy atom. The molecule has 1 unspecified atom stereocenters. The summed E-state index contributed by atoms with van der Waals surface area (Å²) < 4.78 is 47.8. The zero-order chi connectivity index (χ0) is 38.5. The van der Waals surface area contributed by atoms with Crippen molar-refractivity contribution in [2.75, 3.05) is 51.7 Å². The summed E-state index contributed by atoms with van der Waals surface area (Å²) in [5.41, 5.74) is 4.43. The summed E-state index contributed by atoms with van der Waals surface area (Å²) in [4.78, 5) is 30.5. The molecule has 2 aliphatic carbocycles. The molecule has 1 N–H and O–H groups in total. The van der Waals surface area contributed by atoms with Crippen molar-refractivity contribution in [3.8, 4) is 11.5 Å². The van der Waals surface area contributed by atoms with E-state index in [1.807, 2.05) is 29.7 Å². The monoisotopic (exact) mass is 790 g/mol. The highest BCUT2D eigenvalue weighted by Crippen LogP contribution is 2.47. The van der Waals surface area contributed by atoms with E-state index < -0.39 is 21.7 Å². The topological polar surface area (TPSA) is 121 Å². The first-order chi connectivity index (χ1) is 26.5. The number of methoxy groups -OCH3 is 3. The van der Waals surface area contributed by atoms with E-state index in [4.69, 9.17) is 30.5 Å². The maximum Gasteiger partial charge on any atom is 0.286 e. The minimum atomic E-state index is -3.61. The van der Waals surface area contributed by atoms with E-state index >= 15 is 0 Å². The Balaban J connectivity index is 1.18. The number of ether oxygens (including phenoxy) is 4. The summed E-state index contributed by atoms with van der Waals surface area (Å²) in [5.74, 6) is 0.343. The van der Waals surface area contributed by atoms with Crippen molar-refractivity contribution in [1.29, 1.82) is 0 Å². The van der Waals surface area contributed by atoms with Crippen molar-refractivity contribution in [1.82, 2.24) is 9.29 Å². The number of aromatic nitrogens is 1. The second kappa shape index (κ2) is 15.2. The van der Waals surface area contributed by atoms with Gasteiger partial charge in [-0.15, -0.1) is 4.36 Å². The van der Waals surface area contributed by atoms with Crippen molar-refractivity contribution in [2.45, 2.75) is 76.0 Å². The number of hydrogen-bond acceptors (Lipinski definition) is 8. The van der Waals surface area contributed by atoms with Crippen LogP contribution >= 0.6 is 11.6 Å². The highest BCUT2D eigenvalue weighted by molar-refractivity contribution is 7.92. The Kier molecular flexibility index (Phi) is 10.6. The summed E-state index contributed by atoms with van der Waals surface area (Å²) in [6.07, 6.45) is 12.1. The molecule has 3 aromatic rings. The molecule has 5 aliphatic rings. The fraction of sp³-hybridized carbons (Fsp3) is 0.524. The molecule has 0 saturated heterocycles. The number of allylic oxidation sites excluding steroid dienone is 1. The average molecular weight is 791 g/mol. The van der Waals surface area contributed by atoms with Gasteiger partial charge < -0.3 is 28.4 Å². The van der Waals surface area contributed by atoms with Crippen LogP contribution in [0.1, 0.15) is 76.6 Å². The SMILES string of the molecule is COc1c(C(=O)NS2(=O)=NC(=O)c3ccc4c(c3)N(C[C@@H]3CC[C@H]3[C@@H](OC)/C=C\C[C@H](C)C2)C[C@@]2(CCCc3cc(Cl)ccc32)CO4)cn2c1C[C@@H](OC)C2. The molecule has 1 fully saturated rings. The van der Waals surface area contributed by atoms with Gasteiger partial charge in [0.1, 0.15) is 21.2 Å². The molecule has 1 spiro atoms. The summed E-state index contributed by atoms with van der Waals surface area (Å²) in [6.45, 7) is 4.50. The standard InChI is InChI=1S/C42H51ClN4O7S/c1-26-7-5-9-37(52-3)32-13-10-29(32)20-47-24-42(16-6-8-27-17-30(43)12-14-34(27)42)25-54-38-15-11-28(18-35(38)47)40(48)44-55(50,23-26)45-41(49)33-22-46-21-31(51-2)19-36(46)39(33)53-4/h5,9,11-12,14-15,17-18,22,26,29,31-32,37H,6-8,10,13,16,19-21,23-25H2,1-4H3,(H,44,45,48,49,50)/b9-5-/t26-,29-,31+,32+,37-,42-,55?/m0/s1. The molecule has 4 heterocycles. The molecule has 55 heavy (non-hydrogen) atoms. The predicted molar refractivity (Wildman–Crippen MR) is 213 cm³/mol. The molecule has 2 amide bonds. The first-order valence-electron chi connectivity index (χ1n) is 19.4. The Hall–Kier alpha value is -3.84. The molecule has 2 bridgehead atoms. The molecule has 1 aromatic heterocycles. The minimum Gasteiger partial charge on any atom is -0.494 e. The number of anilines is 1. The zero-order valence-corrected chi connectivity index (χ0v) is 33.6. The molecule has 1 saturated carbocycles. The number of fused-ring (bicyclic) bond motifs is 5. The fourth-order valence-corrected chi connectivity index (χ4v) is 11.6. The van der Waals surface area contributed by atoms with E-state index in [1.54, 1.807) is 26.5 Å². The van der Waals surface area contributed by atoms with Crippen LogP contribution in [0.25, 0.3) is 0 Å². The van der Waals surface area contributed by atoms with Gasteiger partial charge in [-0.3, -0.25) is 14.3 Å². The molecular formula is C42H51ClN4O7S.